The number of nitrogens with one attached hydrogen (secondary N) is 1. The summed E-state index contributed by atoms with van der Waals surface area (Å²) < 4.78 is 10.3. The summed E-state index contributed by atoms with van der Waals surface area (Å²) in [6.07, 6.45) is 7.88. The highest BCUT2D eigenvalue weighted by Crippen LogP contribution is 2.26. The van der Waals surface area contributed by atoms with Crippen molar-refractivity contribution in [1.29, 1.82) is 0 Å². The third-order valence-electron chi connectivity index (χ3n) is 4.12. The Bertz CT molecular complexity index is 497. The van der Waals surface area contributed by atoms with E-state index in [2.05, 4.69) is 15.5 Å². The van der Waals surface area contributed by atoms with Crippen molar-refractivity contribution in [1.82, 2.24) is 15.5 Å². The first kappa shape index (κ1) is 19.4. The number of amides is 1. The molecule has 0 aliphatic heterocycles. The minimum Gasteiger partial charge on any atom is -0.494 e. The van der Waals surface area contributed by atoms with Crippen LogP contribution in [0, 0.1) is 0 Å². The largest absolute Gasteiger partial charge is 0.494 e. The Kier molecular flexibility index (Phi) is 7.51. The molecule has 2 rings (SSSR count). The van der Waals surface area contributed by atoms with Crippen LogP contribution < -0.4 is 20.5 Å². The van der Waals surface area contributed by atoms with Crippen molar-refractivity contribution in [2.24, 2.45) is 5.73 Å². The first-order valence-electron chi connectivity index (χ1n) is 7.60. The number of rotatable bonds is 5. The second kappa shape index (κ2) is 8.88. The molecule has 1 aromatic heterocycles. The molecule has 1 aliphatic carbocycles. The molecule has 1 aliphatic rings. The highest BCUT2D eigenvalue weighted by molar-refractivity contribution is 5.99. The molecule has 1 amide bonds. The molecule has 1 aromatic rings. The van der Waals surface area contributed by atoms with Crippen LogP contribution in [0.3, 0.4) is 0 Å². The zero-order chi connectivity index (χ0) is 16.0. The van der Waals surface area contributed by atoms with Gasteiger partial charge in [0.25, 0.3) is 5.91 Å². The molecule has 130 valence electrons. The average Bonchev–Trinajstić information content (AvgIpc) is 2.77. The van der Waals surface area contributed by atoms with Gasteiger partial charge in [-0.3, -0.25) is 4.79 Å². The number of nitrogens with two attached hydrogens (primary N) is 1. The predicted octanol–water partition coefficient (Wildman–Crippen LogP) is 1.70. The minimum absolute atomic E-state index is 0. The van der Waals surface area contributed by atoms with Gasteiger partial charge in [-0.25, -0.2) is 0 Å². The van der Waals surface area contributed by atoms with E-state index in [4.69, 9.17) is 15.2 Å². The van der Waals surface area contributed by atoms with E-state index in [1.807, 2.05) is 0 Å². The van der Waals surface area contributed by atoms with Crippen LogP contribution in [0.5, 0.6) is 11.6 Å². The lowest BCUT2D eigenvalue weighted by Gasteiger charge is -2.28. The summed E-state index contributed by atoms with van der Waals surface area (Å²) in [4.78, 5) is 12.5. The van der Waals surface area contributed by atoms with E-state index in [9.17, 15) is 4.79 Å². The van der Waals surface area contributed by atoms with E-state index in [1.165, 1.54) is 33.3 Å². The molecular formula is C15H25ClN4O3. The van der Waals surface area contributed by atoms with Gasteiger partial charge in [-0.2, -0.15) is 5.10 Å². The molecule has 7 nitrogen and oxygen atoms in total. The third-order valence-corrected chi connectivity index (χ3v) is 4.12. The fraction of sp³-hybridized carbons (Fsp3) is 0.667. The van der Waals surface area contributed by atoms with Gasteiger partial charge in [-0.1, -0.05) is 25.7 Å². The molecule has 0 unspecified atom stereocenters. The smallest absolute Gasteiger partial charge is 0.260 e. The minimum atomic E-state index is -0.340. The topological polar surface area (TPSA) is 99.4 Å². The normalized spacial score (nSPS) is 16.7. The third kappa shape index (κ3) is 4.94. The molecular weight excluding hydrogens is 320 g/mol. The van der Waals surface area contributed by atoms with E-state index in [1.54, 1.807) is 0 Å². The van der Waals surface area contributed by atoms with Crippen molar-refractivity contribution in [3.8, 4) is 11.6 Å². The van der Waals surface area contributed by atoms with Crippen LogP contribution in [0.15, 0.2) is 6.20 Å². The van der Waals surface area contributed by atoms with Crippen molar-refractivity contribution < 1.29 is 14.3 Å². The SMILES string of the molecule is COc1cnnc(OC)c1C(=O)NCC1(N)CCCCCC1.Cl. The molecule has 8 heteroatoms. The maximum Gasteiger partial charge on any atom is 0.260 e. The Morgan fingerprint density at radius 1 is 1.26 bits per heavy atom. The maximum atomic E-state index is 12.5. The highest BCUT2D eigenvalue weighted by atomic mass is 35.5. The van der Waals surface area contributed by atoms with Crippen molar-refractivity contribution in [2.45, 2.75) is 44.1 Å². The van der Waals surface area contributed by atoms with Crippen LogP contribution in [-0.2, 0) is 0 Å². The zero-order valence-electron chi connectivity index (χ0n) is 13.6. The molecule has 0 saturated heterocycles. The number of carbonyl (C=O) groups excluding carboxylic acids is 1. The lowest BCUT2D eigenvalue weighted by Crippen LogP contribution is -2.49. The van der Waals surface area contributed by atoms with Crippen molar-refractivity contribution in [3.05, 3.63) is 11.8 Å². The molecule has 3 N–H and O–H groups in total. The number of nitrogens with zero attached hydrogens (tertiary/aromatic N) is 2. The van der Waals surface area contributed by atoms with Gasteiger partial charge >= 0.3 is 0 Å². The van der Waals surface area contributed by atoms with Crippen LogP contribution in [0.2, 0.25) is 0 Å². The average molecular weight is 345 g/mol. The molecule has 0 spiro atoms. The fourth-order valence-electron chi connectivity index (χ4n) is 2.81. The molecule has 1 heterocycles. The number of aromatic nitrogens is 2. The van der Waals surface area contributed by atoms with Gasteiger partial charge in [0, 0.05) is 12.1 Å². The molecule has 0 radical (unpaired) electrons. The summed E-state index contributed by atoms with van der Waals surface area (Å²) in [5, 5.41) is 10.4. The summed E-state index contributed by atoms with van der Waals surface area (Å²) in [7, 11) is 2.92. The van der Waals surface area contributed by atoms with Crippen molar-refractivity contribution >= 4 is 18.3 Å². The molecule has 0 atom stereocenters. The van der Waals surface area contributed by atoms with E-state index in [0.717, 1.165) is 25.7 Å². The van der Waals surface area contributed by atoms with Gasteiger partial charge in [0.05, 0.1) is 20.4 Å². The van der Waals surface area contributed by atoms with Gasteiger partial charge in [-0.05, 0) is 12.8 Å². The predicted molar refractivity (Wildman–Crippen MR) is 89.3 cm³/mol. The number of hydrogen-bond acceptors (Lipinski definition) is 6. The van der Waals surface area contributed by atoms with Gasteiger partial charge < -0.3 is 20.5 Å². The number of ether oxygens (including phenoxy) is 2. The summed E-state index contributed by atoms with van der Waals surface area (Å²) in [6, 6.07) is 0. The zero-order valence-corrected chi connectivity index (χ0v) is 14.4. The second-order valence-corrected chi connectivity index (χ2v) is 5.76. The monoisotopic (exact) mass is 344 g/mol. The lowest BCUT2D eigenvalue weighted by atomic mass is 9.91. The molecule has 1 saturated carbocycles. The Hall–Kier alpha value is -1.60. The lowest BCUT2D eigenvalue weighted by molar-refractivity contribution is 0.0933. The van der Waals surface area contributed by atoms with Gasteiger partial charge in [0.1, 0.15) is 5.56 Å². The van der Waals surface area contributed by atoms with Crippen LogP contribution in [0.4, 0.5) is 0 Å². The van der Waals surface area contributed by atoms with Crippen LogP contribution in [0.1, 0.15) is 48.9 Å². The Labute approximate surface area is 142 Å². The Balaban J connectivity index is 0.00000264. The molecule has 0 bridgehead atoms. The highest BCUT2D eigenvalue weighted by Gasteiger charge is 2.28. The Morgan fingerprint density at radius 2 is 1.91 bits per heavy atom. The standard InChI is InChI=1S/C15H24N4O3.ClH/c1-21-11-9-18-19-14(22-2)12(11)13(20)17-10-15(16)7-5-3-4-6-8-15;/h9H,3-8,10,16H2,1-2H3,(H,17,20);1H. The number of hydrogen-bond donors (Lipinski definition) is 2. The summed E-state index contributed by atoms with van der Waals surface area (Å²) in [5.74, 6) is 0.165. The van der Waals surface area contributed by atoms with Crippen LogP contribution >= 0.6 is 12.4 Å². The summed E-state index contributed by atoms with van der Waals surface area (Å²) >= 11 is 0. The quantitative estimate of drug-likeness (QED) is 0.789. The van der Waals surface area contributed by atoms with E-state index in [0.29, 0.717) is 12.3 Å². The molecule has 0 aromatic carbocycles. The van der Waals surface area contributed by atoms with Crippen LogP contribution in [0.25, 0.3) is 0 Å². The Morgan fingerprint density at radius 3 is 2.48 bits per heavy atom. The second-order valence-electron chi connectivity index (χ2n) is 5.76. The van der Waals surface area contributed by atoms with Gasteiger partial charge in [0.15, 0.2) is 5.75 Å². The summed E-state index contributed by atoms with van der Waals surface area (Å²) in [6.45, 7) is 0.431. The van der Waals surface area contributed by atoms with Crippen LogP contribution in [-0.4, -0.2) is 42.4 Å². The van der Waals surface area contributed by atoms with E-state index in [-0.39, 0.29) is 35.3 Å². The first-order valence-corrected chi connectivity index (χ1v) is 7.60. The first-order chi connectivity index (χ1) is 10.6. The van der Waals surface area contributed by atoms with Crippen molar-refractivity contribution in [2.75, 3.05) is 20.8 Å². The maximum absolute atomic E-state index is 12.5. The molecule has 1 fully saturated rings. The number of methoxy groups -OCH3 is 2. The van der Waals surface area contributed by atoms with E-state index >= 15 is 0 Å². The van der Waals surface area contributed by atoms with Gasteiger partial charge in [0.2, 0.25) is 5.88 Å². The van der Waals surface area contributed by atoms with Crippen molar-refractivity contribution in [3.63, 3.8) is 0 Å². The van der Waals surface area contributed by atoms with Gasteiger partial charge in [-0.15, -0.1) is 17.5 Å². The van der Waals surface area contributed by atoms with E-state index < -0.39 is 0 Å². The fourth-order valence-corrected chi connectivity index (χ4v) is 2.81. The molecule has 23 heavy (non-hydrogen) atoms. The summed E-state index contributed by atoms with van der Waals surface area (Å²) in [5.41, 5.74) is 6.33. The number of carbonyl (C=O) groups is 1. The number of halogens is 1.